The second kappa shape index (κ2) is 8.78. The first-order valence-electron chi connectivity index (χ1n) is 6.93. The van der Waals surface area contributed by atoms with Crippen molar-refractivity contribution in [3.05, 3.63) is 46.7 Å². The van der Waals surface area contributed by atoms with Crippen molar-refractivity contribution in [2.24, 2.45) is 0 Å². The summed E-state index contributed by atoms with van der Waals surface area (Å²) in [6, 6.07) is 7.42. The van der Waals surface area contributed by atoms with Crippen molar-refractivity contribution < 1.29 is 4.79 Å². The quantitative estimate of drug-likeness (QED) is 0.792. The van der Waals surface area contributed by atoms with Crippen molar-refractivity contribution in [2.45, 2.75) is 13.3 Å². The average Bonchev–Trinajstić information content (AvgIpc) is 2.91. The summed E-state index contributed by atoms with van der Waals surface area (Å²) in [5.74, 6) is -0.102. The van der Waals surface area contributed by atoms with Crippen molar-refractivity contribution >= 4 is 29.9 Å². The second-order valence-electron chi connectivity index (χ2n) is 4.61. The lowest BCUT2D eigenvalue weighted by atomic mass is 10.2. The summed E-state index contributed by atoms with van der Waals surface area (Å²) in [4.78, 5) is 12.2. The molecular weight excluding hydrogens is 323 g/mol. The maximum absolute atomic E-state index is 12.2. The Labute approximate surface area is 141 Å². The van der Waals surface area contributed by atoms with Crippen LogP contribution in [0.2, 0.25) is 5.02 Å². The molecule has 2 rings (SSSR count). The fraction of sp³-hybridized carbons (Fsp3) is 0.333. The zero-order valence-corrected chi connectivity index (χ0v) is 14.2. The third-order valence-electron chi connectivity index (χ3n) is 3.16. The minimum atomic E-state index is -0.102. The Bertz CT molecular complexity index is 628. The summed E-state index contributed by atoms with van der Waals surface area (Å²) in [5, 5.41) is 10.8. The lowest BCUT2D eigenvalue weighted by molar-refractivity contribution is 0.0953. The third kappa shape index (κ3) is 4.22. The van der Waals surface area contributed by atoms with Crippen LogP contribution in [0.3, 0.4) is 0 Å². The number of carbonyl (C=O) groups excluding carboxylic acids is 1. The molecule has 0 saturated carbocycles. The molecule has 0 aliphatic rings. The van der Waals surface area contributed by atoms with Gasteiger partial charge in [-0.15, -0.1) is 12.4 Å². The smallest absolute Gasteiger partial charge is 0.254 e. The van der Waals surface area contributed by atoms with E-state index in [1.54, 1.807) is 10.9 Å². The molecule has 2 N–H and O–H groups in total. The molecule has 0 aliphatic carbocycles. The van der Waals surface area contributed by atoms with Crippen LogP contribution in [0.4, 0.5) is 0 Å². The molecule has 0 saturated heterocycles. The molecule has 22 heavy (non-hydrogen) atoms. The van der Waals surface area contributed by atoms with Crippen molar-refractivity contribution in [1.82, 2.24) is 20.4 Å². The number of hydrogen-bond donors (Lipinski definition) is 2. The Morgan fingerprint density at radius 2 is 2.14 bits per heavy atom. The van der Waals surface area contributed by atoms with Gasteiger partial charge in [-0.3, -0.25) is 4.79 Å². The molecule has 120 valence electrons. The summed E-state index contributed by atoms with van der Waals surface area (Å²) in [6.07, 6.45) is 2.32. The van der Waals surface area contributed by atoms with E-state index in [4.69, 9.17) is 11.6 Å². The number of aromatic nitrogens is 2. The predicted octanol–water partition coefficient (Wildman–Crippen LogP) is 2.46. The molecular formula is C15H20Cl2N4O. The third-order valence-corrected chi connectivity index (χ3v) is 3.40. The number of halogens is 2. The van der Waals surface area contributed by atoms with Gasteiger partial charge in [0, 0.05) is 18.1 Å². The number of nitrogens with one attached hydrogen (secondary N) is 2. The standard InChI is InChI=1S/C15H19ClN4O.ClH/c1-3-14-13(15(21)18-8-7-17-2)10-19-20(14)12-6-4-5-11(16)9-12;/h4-6,9-10,17H,3,7-8H2,1-2H3,(H,18,21);1H. The Morgan fingerprint density at radius 1 is 1.36 bits per heavy atom. The normalized spacial score (nSPS) is 10.1. The second-order valence-corrected chi connectivity index (χ2v) is 5.05. The summed E-state index contributed by atoms with van der Waals surface area (Å²) in [5.41, 5.74) is 2.33. The van der Waals surface area contributed by atoms with Gasteiger partial charge in [-0.05, 0) is 31.7 Å². The highest BCUT2D eigenvalue weighted by atomic mass is 35.5. The summed E-state index contributed by atoms with van der Waals surface area (Å²) < 4.78 is 1.76. The van der Waals surface area contributed by atoms with Gasteiger partial charge in [0.2, 0.25) is 0 Å². The summed E-state index contributed by atoms with van der Waals surface area (Å²) in [6.45, 7) is 3.32. The lowest BCUT2D eigenvalue weighted by Gasteiger charge is -2.08. The maximum atomic E-state index is 12.2. The summed E-state index contributed by atoms with van der Waals surface area (Å²) in [7, 11) is 1.85. The van der Waals surface area contributed by atoms with Crippen LogP contribution in [-0.2, 0) is 6.42 Å². The lowest BCUT2D eigenvalue weighted by Crippen LogP contribution is -2.30. The van der Waals surface area contributed by atoms with Gasteiger partial charge in [0.25, 0.3) is 5.91 Å². The molecule has 1 amide bonds. The van der Waals surface area contributed by atoms with Gasteiger partial charge in [0.05, 0.1) is 23.1 Å². The SMILES string of the molecule is CCc1c(C(=O)NCCNC)cnn1-c1cccc(Cl)c1.Cl. The average molecular weight is 343 g/mol. The molecule has 2 aromatic rings. The molecule has 1 aromatic heterocycles. The van der Waals surface area contributed by atoms with E-state index in [9.17, 15) is 4.79 Å². The Kier molecular flexibility index (Phi) is 7.38. The van der Waals surface area contributed by atoms with Crippen molar-refractivity contribution in [1.29, 1.82) is 0 Å². The summed E-state index contributed by atoms with van der Waals surface area (Å²) >= 11 is 6.02. The molecule has 0 bridgehead atoms. The van der Waals surface area contributed by atoms with E-state index in [1.165, 1.54) is 0 Å². The van der Waals surface area contributed by atoms with Crippen LogP contribution in [0.15, 0.2) is 30.5 Å². The highest BCUT2D eigenvalue weighted by Gasteiger charge is 2.16. The van der Waals surface area contributed by atoms with E-state index >= 15 is 0 Å². The molecule has 0 radical (unpaired) electrons. The molecule has 5 nitrogen and oxygen atoms in total. The van der Waals surface area contributed by atoms with E-state index in [0.717, 1.165) is 17.9 Å². The van der Waals surface area contributed by atoms with Gasteiger partial charge < -0.3 is 10.6 Å². The van der Waals surface area contributed by atoms with Gasteiger partial charge in [0.1, 0.15) is 0 Å². The van der Waals surface area contributed by atoms with E-state index in [0.29, 0.717) is 23.6 Å². The Balaban J connectivity index is 0.00000242. The van der Waals surface area contributed by atoms with E-state index in [1.807, 2.05) is 38.2 Å². The number of likely N-dealkylation sites (N-methyl/N-ethyl adjacent to an activating group) is 1. The number of carbonyl (C=O) groups is 1. The Hall–Kier alpha value is -1.56. The monoisotopic (exact) mass is 342 g/mol. The highest BCUT2D eigenvalue weighted by molar-refractivity contribution is 6.30. The van der Waals surface area contributed by atoms with E-state index < -0.39 is 0 Å². The number of amides is 1. The van der Waals surface area contributed by atoms with E-state index in [-0.39, 0.29) is 18.3 Å². The molecule has 0 fully saturated rings. The predicted molar refractivity (Wildman–Crippen MR) is 91.5 cm³/mol. The van der Waals surface area contributed by atoms with Crippen molar-refractivity contribution in [3.8, 4) is 5.69 Å². The van der Waals surface area contributed by atoms with Crippen LogP contribution in [0.25, 0.3) is 5.69 Å². The van der Waals surface area contributed by atoms with Crippen LogP contribution in [0.1, 0.15) is 23.0 Å². The van der Waals surface area contributed by atoms with Gasteiger partial charge in [-0.1, -0.05) is 24.6 Å². The number of hydrogen-bond acceptors (Lipinski definition) is 3. The molecule has 7 heteroatoms. The first kappa shape index (κ1) is 18.5. The largest absolute Gasteiger partial charge is 0.351 e. The van der Waals surface area contributed by atoms with Crippen molar-refractivity contribution in [2.75, 3.05) is 20.1 Å². The van der Waals surface area contributed by atoms with Crippen LogP contribution >= 0.6 is 24.0 Å². The fourth-order valence-electron chi connectivity index (χ4n) is 2.13. The number of nitrogens with zero attached hydrogens (tertiary/aromatic N) is 2. The maximum Gasteiger partial charge on any atom is 0.254 e. The van der Waals surface area contributed by atoms with Crippen LogP contribution in [0.5, 0.6) is 0 Å². The van der Waals surface area contributed by atoms with Gasteiger partial charge in [0.15, 0.2) is 0 Å². The molecule has 1 aromatic carbocycles. The molecule has 1 heterocycles. The fourth-order valence-corrected chi connectivity index (χ4v) is 2.31. The van der Waals surface area contributed by atoms with Gasteiger partial charge >= 0.3 is 0 Å². The van der Waals surface area contributed by atoms with Gasteiger partial charge in [-0.25, -0.2) is 4.68 Å². The molecule has 0 unspecified atom stereocenters. The first-order valence-corrected chi connectivity index (χ1v) is 7.30. The zero-order chi connectivity index (χ0) is 15.2. The Morgan fingerprint density at radius 3 is 2.77 bits per heavy atom. The van der Waals surface area contributed by atoms with Crippen molar-refractivity contribution in [3.63, 3.8) is 0 Å². The van der Waals surface area contributed by atoms with Crippen LogP contribution in [-0.4, -0.2) is 35.8 Å². The highest BCUT2D eigenvalue weighted by Crippen LogP contribution is 2.19. The number of rotatable bonds is 6. The number of benzene rings is 1. The van der Waals surface area contributed by atoms with Crippen LogP contribution < -0.4 is 10.6 Å². The minimum Gasteiger partial charge on any atom is -0.351 e. The molecule has 0 aliphatic heterocycles. The van der Waals surface area contributed by atoms with Gasteiger partial charge in [-0.2, -0.15) is 5.10 Å². The topological polar surface area (TPSA) is 59.0 Å². The molecule has 0 atom stereocenters. The minimum absolute atomic E-state index is 0. The first-order chi connectivity index (χ1) is 10.2. The van der Waals surface area contributed by atoms with E-state index in [2.05, 4.69) is 15.7 Å². The molecule has 0 spiro atoms. The zero-order valence-electron chi connectivity index (χ0n) is 12.6. The van der Waals surface area contributed by atoms with Crippen LogP contribution in [0, 0.1) is 0 Å².